The van der Waals surface area contributed by atoms with Crippen LogP contribution < -0.4 is 10.6 Å². The summed E-state index contributed by atoms with van der Waals surface area (Å²) in [5.74, 6) is 0.944. The van der Waals surface area contributed by atoms with Gasteiger partial charge in [-0.3, -0.25) is 4.99 Å². The third kappa shape index (κ3) is 4.03. The molecule has 5 heteroatoms. The lowest BCUT2D eigenvalue weighted by Gasteiger charge is -2.16. The van der Waals surface area contributed by atoms with Crippen molar-refractivity contribution >= 4 is 11.6 Å². The van der Waals surface area contributed by atoms with E-state index in [-0.39, 0.29) is 0 Å². The van der Waals surface area contributed by atoms with Crippen LogP contribution in [0.25, 0.3) is 5.65 Å². The summed E-state index contributed by atoms with van der Waals surface area (Å²) in [5, 5.41) is 6.90. The lowest BCUT2D eigenvalue weighted by Crippen LogP contribution is -2.42. The lowest BCUT2D eigenvalue weighted by atomic mass is 10.2. The normalized spacial score (nSPS) is 16.2. The molecule has 0 unspecified atom stereocenters. The number of imidazole rings is 1. The molecular weight excluding hydrogens is 286 g/mol. The molecule has 2 heterocycles. The molecule has 1 fully saturated rings. The predicted octanol–water partition coefficient (Wildman–Crippen LogP) is 2.68. The fourth-order valence-corrected chi connectivity index (χ4v) is 3.19. The summed E-state index contributed by atoms with van der Waals surface area (Å²) in [6.45, 7) is 5.85. The summed E-state index contributed by atoms with van der Waals surface area (Å²) in [5.41, 5.74) is 3.35. The molecule has 0 aliphatic heterocycles. The highest BCUT2D eigenvalue weighted by Crippen LogP contribution is 2.17. The molecular formula is C18H27N5. The average Bonchev–Trinajstić information content (AvgIpc) is 3.17. The van der Waals surface area contributed by atoms with Gasteiger partial charge in [0.1, 0.15) is 5.65 Å². The van der Waals surface area contributed by atoms with Gasteiger partial charge in [0.05, 0.1) is 5.69 Å². The molecule has 2 N–H and O–H groups in total. The van der Waals surface area contributed by atoms with Crippen molar-refractivity contribution in [1.82, 2.24) is 20.0 Å². The Balaban J connectivity index is 1.61. The van der Waals surface area contributed by atoms with Gasteiger partial charge in [-0.05, 0) is 38.3 Å². The minimum absolute atomic E-state index is 0.589. The predicted molar refractivity (Wildman–Crippen MR) is 95.0 cm³/mol. The van der Waals surface area contributed by atoms with Crippen molar-refractivity contribution in [3.8, 4) is 0 Å². The van der Waals surface area contributed by atoms with Crippen molar-refractivity contribution in [2.75, 3.05) is 13.1 Å². The van der Waals surface area contributed by atoms with E-state index in [1.807, 2.05) is 6.20 Å². The SMILES string of the molecule is CCNC(=NCCc1cn2cccc(C)c2n1)NC1CCCC1. The van der Waals surface area contributed by atoms with Crippen LogP contribution in [0.2, 0.25) is 0 Å². The summed E-state index contributed by atoms with van der Waals surface area (Å²) in [6.07, 6.45) is 10.2. The molecule has 0 bridgehead atoms. The van der Waals surface area contributed by atoms with Crippen molar-refractivity contribution in [2.45, 2.75) is 52.0 Å². The second kappa shape index (κ2) is 7.49. The molecule has 124 valence electrons. The lowest BCUT2D eigenvalue weighted by molar-refractivity contribution is 0.614. The molecule has 5 nitrogen and oxygen atoms in total. The van der Waals surface area contributed by atoms with Gasteiger partial charge < -0.3 is 15.0 Å². The first-order valence-corrected chi connectivity index (χ1v) is 8.74. The minimum atomic E-state index is 0.589. The number of nitrogens with zero attached hydrogens (tertiary/aromatic N) is 3. The molecule has 2 aromatic heterocycles. The van der Waals surface area contributed by atoms with Crippen LogP contribution in [0, 0.1) is 6.92 Å². The first-order valence-electron chi connectivity index (χ1n) is 8.74. The zero-order chi connectivity index (χ0) is 16.1. The van der Waals surface area contributed by atoms with Gasteiger partial charge in [0.25, 0.3) is 0 Å². The molecule has 2 aromatic rings. The van der Waals surface area contributed by atoms with Crippen molar-refractivity contribution in [3.63, 3.8) is 0 Å². The van der Waals surface area contributed by atoms with Gasteiger partial charge >= 0.3 is 0 Å². The van der Waals surface area contributed by atoms with Gasteiger partial charge in [-0.2, -0.15) is 0 Å². The largest absolute Gasteiger partial charge is 0.357 e. The first-order chi connectivity index (χ1) is 11.3. The average molecular weight is 313 g/mol. The summed E-state index contributed by atoms with van der Waals surface area (Å²) in [6, 6.07) is 4.74. The fourth-order valence-electron chi connectivity index (χ4n) is 3.19. The highest BCUT2D eigenvalue weighted by atomic mass is 15.2. The van der Waals surface area contributed by atoms with Gasteiger partial charge in [0.15, 0.2) is 5.96 Å². The molecule has 0 radical (unpaired) electrons. The topological polar surface area (TPSA) is 53.7 Å². The second-order valence-corrected chi connectivity index (χ2v) is 6.29. The van der Waals surface area contributed by atoms with Crippen LogP contribution in [0.15, 0.2) is 29.5 Å². The quantitative estimate of drug-likeness (QED) is 0.659. The van der Waals surface area contributed by atoms with E-state index in [4.69, 9.17) is 9.98 Å². The van der Waals surface area contributed by atoms with Crippen LogP contribution in [0.5, 0.6) is 0 Å². The van der Waals surface area contributed by atoms with Crippen molar-refractivity contribution < 1.29 is 0 Å². The highest BCUT2D eigenvalue weighted by molar-refractivity contribution is 5.80. The minimum Gasteiger partial charge on any atom is -0.357 e. The highest BCUT2D eigenvalue weighted by Gasteiger charge is 2.15. The van der Waals surface area contributed by atoms with E-state index >= 15 is 0 Å². The smallest absolute Gasteiger partial charge is 0.191 e. The van der Waals surface area contributed by atoms with Gasteiger partial charge in [-0.15, -0.1) is 0 Å². The standard InChI is InChI=1S/C18H27N5/c1-3-19-18(22-15-8-4-5-9-15)20-11-10-16-13-23-12-6-7-14(2)17(23)21-16/h6-7,12-13,15H,3-5,8-11H2,1-2H3,(H2,19,20,22). The Hall–Kier alpha value is -2.04. The molecule has 1 aliphatic carbocycles. The van der Waals surface area contributed by atoms with E-state index in [2.05, 4.69) is 47.2 Å². The fraction of sp³-hybridized carbons (Fsp3) is 0.556. The van der Waals surface area contributed by atoms with Crippen molar-refractivity contribution in [2.24, 2.45) is 4.99 Å². The molecule has 0 saturated heterocycles. The van der Waals surface area contributed by atoms with Gasteiger partial charge in [-0.25, -0.2) is 4.98 Å². The molecule has 1 aliphatic rings. The molecule has 0 aromatic carbocycles. The maximum absolute atomic E-state index is 4.71. The van der Waals surface area contributed by atoms with E-state index in [9.17, 15) is 0 Å². The van der Waals surface area contributed by atoms with E-state index in [1.54, 1.807) is 0 Å². The zero-order valence-electron chi connectivity index (χ0n) is 14.2. The summed E-state index contributed by atoms with van der Waals surface area (Å²) in [4.78, 5) is 9.42. The number of hydrogen-bond donors (Lipinski definition) is 2. The summed E-state index contributed by atoms with van der Waals surface area (Å²) >= 11 is 0. The summed E-state index contributed by atoms with van der Waals surface area (Å²) < 4.78 is 2.09. The van der Waals surface area contributed by atoms with Crippen LogP contribution in [0.3, 0.4) is 0 Å². The molecule has 0 spiro atoms. The molecule has 1 saturated carbocycles. The maximum atomic E-state index is 4.71. The van der Waals surface area contributed by atoms with Gasteiger partial charge in [-0.1, -0.05) is 18.9 Å². The van der Waals surface area contributed by atoms with E-state index < -0.39 is 0 Å². The van der Waals surface area contributed by atoms with Crippen LogP contribution in [0.4, 0.5) is 0 Å². The van der Waals surface area contributed by atoms with Crippen LogP contribution >= 0.6 is 0 Å². The molecule has 23 heavy (non-hydrogen) atoms. The van der Waals surface area contributed by atoms with Gasteiger partial charge in [0.2, 0.25) is 0 Å². The Morgan fingerprint density at radius 1 is 1.39 bits per heavy atom. The Kier molecular flexibility index (Phi) is 5.16. The maximum Gasteiger partial charge on any atom is 0.191 e. The van der Waals surface area contributed by atoms with E-state index in [0.29, 0.717) is 6.04 Å². The van der Waals surface area contributed by atoms with E-state index in [0.717, 1.165) is 36.8 Å². The number of nitrogens with one attached hydrogen (secondary N) is 2. The van der Waals surface area contributed by atoms with E-state index in [1.165, 1.54) is 31.2 Å². The third-order valence-electron chi connectivity index (χ3n) is 4.41. The van der Waals surface area contributed by atoms with Crippen LogP contribution in [-0.2, 0) is 6.42 Å². The number of aryl methyl sites for hydroxylation is 1. The van der Waals surface area contributed by atoms with Crippen molar-refractivity contribution in [1.29, 1.82) is 0 Å². The van der Waals surface area contributed by atoms with Crippen molar-refractivity contribution in [3.05, 3.63) is 35.8 Å². The molecule has 0 amide bonds. The molecule has 0 atom stereocenters. The monoisotopic (exact) mass is 313 g/mol. The second-order valence-electron chi connectivity index (χ2n) is 6.29. The number of aromatic nitrogens is 2. The Morgan fingerprint density at radius 3 is 2.96 bits per heavy atom. The van der Waals surface area contributed by atoms with Crippen LogP contribution in [-0.4, -0.2) is 34.5 Å². The van der Waals surface area contributed by atoms with Gasteiger partial charge in [0, 0.05) is 37.9 Å². The molecule has 3 rings (SSSR count). The number of aliphatic imine (C=N–C) groups is 1. The Morgan fingerprint density at radius 2 is 2.22 bits per heavy atom. The summed E-state index contributed by atoms with van der Waals surface area (Å²) in [7, 11) is 0. The zero-order valence-corrected chi connectivity index (χ0v) is 14.2. The van der Waals surface area contributed by atoms with Crippen LogP contribution in [0.1, 0.15) is 43.9 Å². The first kappa shape index (κ1) is 15.8. The number of rotatable bonds is 5. The number of guanidine groups is 1. The third-order valence-corrected chi connectivity index (χ3v) is 4.41. The number of pyridine rings is 1. The Bertz CT molecular complexity index is 667. The Labute approximate surface area is 138 Å². The number of fused-ring (bicyclic) bond motifs is 1. The number of hydrogen-bond acceptors (Lipinski definition) is 2.